The van der Waals surface area contributed by atoms with Crippen LogP contribution in [0.1, 0.15) is 17.5 Å². The van der Waals surface area contributed by atoms with Gasteiger partial charge in [-0.1, -0.05) is 60.7 Å². The van der Waals surface area contributed by atoms with E-state index in [9.17, 15) is 5.11 Å². The summed E-state index contributed by atoms with van der Waals surface area (Å²) in [6, 6.07) is 19.9. The molecule has 0 radical (unpaired) electrons. The zero-order valence-electron chi connectivity index (χ0n) is 10.2. The van der Waals surface area contributed by atoms with Gasteiger partial charge in [-0.2, -0.15) is 0 Å². The minimum atomic E-state index is -0.930. The molecule has 0 unspecified atom stereocenters. The Morgan fingerprint density at radius 2 is 1.33 bits per heavy atom. The molecule has 1 fully saturated rings. The van der Waals surface area contributed by atoms with Crippen LogP contribution in [0.3, 0.4) is 0 Å². The van der Waals surface area contributed by atoms with Gasteiger partial charge in [-0.05, 0) is 24.1 Å². The smallest absolute Gasteiger partial charge is 0.130 e. The second-order valence-corrected chi connectivity index (χ2v) is 4.79. The van der Waals surface area contributed by atoms with Gasteiger partial charge in [0.1, 0.15) is 5.60 Å². The van der Waals surface area contributed by atoms with E-state index in [-0.39, 0.29) is 6.04 Å². The lowest BCUT2D eigenvalue weighted by Crippen LogP contribution is -2.57. The summed E-state index contributed by atoms with van der Waals surface area (Å²) in [5, 5.41) is 14.5. The zero-order chi connectivity index (χ0) is 12.4. The van der Waals surface area contributed by atoms with Crippen LogP contribution in [0.15, 0.2) is 60.7 Å². The van der Waals surface area contributed by atoms with Crippen LogP contribution in [0.25, 0.3) is 0 Å². The van der Waals surface area contributed by atoms with E-state index in [0.717, 1.165) is 24.1 Å². The third-order valence-electron chi connectivity index (χ3n) is 3.76. The lowest BCUT2D eigenvalue weighted by molar-refractivity contribution is 0.0114. The quantitative estimate of drug-likeness (QED) is 0.861. The molecule has 1 aliphatic heterocycles. The summed E-state index contributed by atoms with van der Waals surface area (Å²) in [4.78, 5) is 0. The summed E-state index contributed by atoms with van der Waals surface area (Å²) in [6.07, 6.45) is 1.00. The van der Waals surface area contributed by atoms with Crippen molar-refractivity contribution in [3.8, 4) is 0 Å². The molecule has 0 spiro atoms. The van der Waals surface area contributed by atoms with Gasteiger partial charge < -0.3 is 10.4 Å². The molecule has 18 heavy (non-hydrogen) atoms. The molecular weight excluding hydrogens is 222 g/mol. The normalized spacial score (nSPS) is 19.3. The van der Waals surface area contributed by atoms with E-state index in [2.05, 4.69) is 5.32 Å². The predicted molar refractivity (Wildman–Crippen MR) is 72.3 cm³/mol. The van der Waals surface area contributed by atoms with Crippen molar-refractivity contribution in [2.24, 2.45) is 0 Å². The largest absolute Gasteiger partial charge is 0.379 e. The molecular formula is C16H17NO. The van der Waals surface area contributed by atoms with Crippen molar-refractivity contribution in [1.82, 2.24) is 5.32 Å². The number of benzene rings is 2. The molecule has 2 heteroatoms. The molecule has 3 rings (SSSR count). The van der Waals surface area contributed by atoms with Crippen molar-refractivity contribution in [3.63, 3.8) is 0 Å². The minimum Gasteiger partial charge on any atom is -0.379 e. The monoisotopic (exact) mass is 239 g/mol. The van der Waals surface area contributed by atoms with Gasteiger partial charge in [0.25, 0.3) is 0 Å². The van der Waals surface area contributed by atoms with Gasteiger partial charge >= 0.3 is 0 Å². The first-order valence-corrected chi connectivity index (χ1v) is 6.38. The van der Waals surface area contributed by atoms with Crippen molar-refractivity contribution in [2.45, 2.75) is 18.1 Å². The van der Waals surface area contributed by atoms with E-state index in [1.807, 2.05) is 60.7 Å². The van der Waals surface area contributed by atoms with Gasteiger partial charge in [0.15, 0.2) is 0 Å². The summed E-state index contributed by atoms with van der Waals surface area (Å²) in [5.74, 6) is 0. The van der Waals surface area contributed by atoms with Crippen LogP contribution in [0.4, 0.5) is 0 Å². The molecule has 1 atom stereocenters. The highest BCUT2D eigenvalue weighted by atomic mass is 16.3. The Bertz CT molecular complexity index is 466. The summed E-state index contributed by atoms with van der Waals surface area (Å²) < 4.78 is 0. The first-order chi connectivity index (χ1) is 8.82. The average molecular weight is 239 g/mol. The molecule has 1 saturated heterocycles. The van der Waals surface area contributed by atoms with E-state index in [1.165, 1.54) is 0 Å². The molecule has 0 amide bonds. The Labute approximate surface area is 107 Å². The fraction of sp³-hybridized carbons (Fsp3) is 0.250. The number of hydrogen-bond acceptors (Lipinski definition) is 2. The van der Waals surface area contributed by atoms with Gasteiger partial charge in [-0.3, -0.25) is 0 Å². The van der Waals surface area contributed by atoms with Gasteiger partial charge in [0.05, 0.1) is 0 Å². The summed E-state index contributed by atoms with van der Waals surface area (Å²) in [5.41, 5.74) is 0.975. The average Bonchev–Trinajstić information content (AvgIpc) is 2.38. The lowest BCUT2D eigenvalue weighted by Gasteiger charge is -2.43. The molecule has 1 heterocycles. The Balaban J connectivity index is 2.10. The van der Waals surface area contributed by atoms with Crippen molar-refractivity contribution in [1.29, 1.82) is 0 Å². The molecule has 92 valence electrons. The third-order valence-corrected chi connectivity index (χ3v) is 3.76. The number of hydrogen-bond donors (Lipinski definition) is 2. The van der Waals surface area contributed by atoms with E-state index < -0.39 is 5.60 Å². The molecule has 2 nitrogen and oxygen atoms in total. The Morgan fingerprint density at radius 1 is 0.889 bits per heavy atom. The van der Waals surface area contributed by atoms with Crippen molar-refractivity contribution >= 4 is 0 Å². The van der Waals surface area contributed by atoms with Crippen molar-refractivity contribution in [3.05, 3.63) is 71.8 Å². The number of nitrogens with one attached hydrogen (secondary N) is 1. The first-order valence-electron chi connectivity index (χ1n) is 6.38. The van der Waals surface area contributed by atoms with Crippen molar-refractivity contribution in [2.75, 3.05) is 6.54 Å². The van der Waals surface area contributed by atoms with Crippen LogP contribution >= 0.6 is 0 Å². The molecule has 2 aromatic carbocycles. The van der Waals surface area contributed by atoms with Gasteiger partial charge in [0.2, 0.25) is 0 Å². The Kier molecular flexibility index (Phi) is 2.90. The van der Waals surface area contributed by atoms with Gasteiger partial charge in [-0.15, -0.1) is 0 Å². The first kappa shape index (κ1) is 11.5. The maximum absolute atomic E-state index is 11.2. The topological polar surface area (TPSA) is 32.3 Å². The van der Waals surface area contributed by atoms with Crippen LogP contribution < -0.4 is 5.32 Å². The van der Waals surface area contributed by atoms with Gasteiger partial charge in [0, 0.05) is 6.04 Å². The van der Waals surface area contributed by atoms with Crippen LogP contribution in [0, 0.1) is 0 Å². The highest BCUT2D eigenvalue weighted by Gasteiger charge is 2.42. The Morgan fingerprint density at radius 3 is 1.67 bits per heavy atom. The fourth-order valence-electron chi connectivity index (χ4n) is 2.60. The second-order valence-electron chi connectivity index (χ2n) is 4.79. The molecule has 2 N–H and O–H groups in total. The standard InChI is InChI=1S/C16H17NO/c18-16(15-11-12-17-15,13-7-3-1-4-8-13)14-9-5-2-6-10-14/h1-10,15,17-18H,11-12H2/t15-/m1/s1. The Hall–Kier alpha value is -1.64. The third kappa shape index (κ3) is 1.74. The summed E-state index contributed by atoms with van der Waals surface area (Å²) >= 11 is 0. The predicted octanol–water partition coefficient (Wildman–Crippen LogP) is 2.28. The number of rotatable bonds is 3. The molecule has 0 saturated carbocycles. The van der Waals surface area contributed by atoms with Crippen LogP contribution in [-0.2, 0) is 5.60 Å². The maximum Gasteiger partial charge on any atom is 0.130 e. The van der Waals surface area contributed by atoms with E-state index in [1.54, 1.807) is 0 Å². The molecule has 0 aromatic heterocycles. The molecule has 1 aliphatic rings. The lowest BCUT2D eigenvalue weighted by atomic mass is 9.76. The van der Waals surface area contributed by atoms with Gasteiger partial charge in [-0.25, -0.2) is 0 Å². The minimum absolute atomic E-state index is 0.0994. The fourth-order valence-corrected chi connectivity index (χ4v) is 2.60. The highest BCUT2D eigenvalue weighted by Crippen LogP contribution is 2.36. The van der Waals surface area contributed by atoms with Crippen LogP contribution in [0.5, 0.6) is 0 Å². The molecule has 0 bridgehead atoms. The highest BCUT2D eigenvalue weighted by molar-refractivity contribution is 5.38. The van der Waals surface area contributed by atoms with Crippen LogP contribution in [-0.4, -0.2) is 17.7 Å². The van der Waals surface area contributed by atoms with E-state index >= 15 is 0 Å². The van der Waals surface area contributed by atoms with E-state index in [0.29, 0.717) is 0 Å². The van der Waals surface area contributed by atoms with Crippen LogP contribution in [0.2, 0.25) is 0 Å². The SMILES string of the molecule is OC(c1ccccc1)(c1ccccc1)[C@H]1CCN1. The van der Waals surface area contributed by atoms with E-state index in [4.69, 9.17) is 0 Å². The summed E-state index contributed by atoms with van der Waals surface area (Å²) in [6.45, 7) is 0.979. The zero-order valence-corrected chi connectivity index (χ0v) is 10.2. The number of aliphatic hydroxyl groups is 1. The van der Waals surface area contributed by atoms with Crippen molar-refractivity contribution < 1.29 is 5.11 Å². The second kappa shape index (κ2) is 4.56. The molecule has 0 aliphatic carbocycles. The maximum atomic E-state index is 11.2. The summed E-state index contributed by atoms with van der Waals surface area (Å²) in [7, 11) is 0. The molecule has 2 aromatic rings.